The highest BCUT2D eigenvalue weighted by Gasteiger charge is 2.24. The largest absolute Gasteiger partial charge is 0.460 e. The van der Waals surface area contributed by atoms with E-state index in [-0.39, 0.29) is 18.6 Å². The number of amides is 1. The lowest BCUT2D eigenvalue weighted by Gasteiger charge is -2.31. The lowest BCUT2D eigenvalue weighted by atomic mass is 10.1. The van der Waals surface area contributed by atoms with Gasteiger partial charge in [0.05, 0.1) is 23.8 Å². The summed E-state index contributed by atoms with van der Waals surface area (Å²) in [5.74, 6) is 1.38. The SMILES string of the molecule is O=C(NCCCO)c1cn([C@@H]2CCCN(Cc3ccc(-c4ccccc4Cl)o3)C2)nn1. The molecule has 1 saturated heterocycles. The number of hydrogen-bond donors (Lipinski definition) is 2. The molecule has 2 N–H and O–H groups in total. The molecule has 1 aliphatic rings. The fourth-order valence-corrected chi connectivity index (χ4v) is 4.04. The first-order chi connectivity index (χ1) is 15.1. The second-order valence-electron chi connectivity index (χ2n) is 7.69. The molecule has 1 amide bonds. The number of carbonyl (C=O) groups excluding carboxylic acids is 1. The number of nitrogens with one attached hydrogen (secondary N) is 1. The van der Waals surface area contributed by atoms with Crippen LogP contribution in [-0.2, 0) is 6.54 Å². The summed E-state index contributed by atoms with van der Waals surface area (Å²) in [5.41, 5.74) is 1.19. The Morgan fingerprint density at radius 2 is 2.16 bits per heavy atom. The third-order valence-corrected chi connectivity index (χ3v) is 5.73. The van der Waals surface area contributed by atoms with E-state index in [1.807, 2.05) is 36.4 Å². The number of aliphatic hydroxyl groups excluding tert-OH is 1. The molecule has 3 aromatic rings. The Hall–Kier alpha value is -2.68. The van der Waals surface area contributed by atoms with Crippen molar-refractivity contribution in [2.24, 2.45) is 0 Å². The van der Waals surface area contributed by atoms with Crippen LogP contribution >= 0.6 is 11.6 Å². The molecule has 0 spiro atoms. The molecule has 0 radical (unpaired) electrons. The molecule has 0 aliphatic carbocycles. The van der Waals surface area contributed by atoms with Gasteiger partial charge in [0.1, 0.15) is 11.5 Å². The number of carbonyl (C=O) groups is 1. The standard InChI is InChI=1S/C22H26ClN5O3/c23-19-7-2-1-6-18(19)21-9-8-17(31-21)14-27-11-3-5-16(13-27)28-15-20(25-26-28)22(30)24-10-4-12-29/h1-2,6-9,15-16,29H,3-5,10-14H2,(H,24,30)/t16-/m1/s1. The highest BCUT2D eigenvalue weighted by Crippen LogP contribution is 2.30. The maximum atomic E-state index is 12.1. The third-order valence-electron chi connectivity index (χ3n) is 5.40. The first-order valence-electron chi connectivity index (χ1n) is 10.5. The minimum atomic E-state index is -0.268. The van der Waals surface area contributed by atoms with Crippen LogP contribution in [0.3, 0.4) is 0 Å². The maximum absolute atomic E-state index is 12.1. The smallest absolute Gasteiger partial charge is 0.273 e. The number of rotatable bonds is 8. The summed E-state index contributed by atoms with van der Waals surface area (Å²) in [7, 11) is 0. The average Bonchev–Trinajstić information content (AvgIpc) is 3.45. The second-order valence-corrected chi connectivity index (χ2v) is 8.10. The van der Waals surface area contributed by atoms with Crippen LogP contribution in [0.4, 0.5) is 0 Å². The number of aromatic nitrogens is 3. The van der Waals surface area contributed by atoms with Gasteiger partial charge in [-0.15, -0.1) is 5.10 Å². The molecule has 31 heavy (non-hydrogen) atoms. The molecule has 1 aromatic carbocycles. The second kappa shape index (κ2) is 10.1. The maximum Gasteiger partial charge on any atom is 0.273 e. The molecule has 0 unspecified atom stereocenters. The van der Waals surface area contributed by atoms with E-state index in [9.17, 15) is 4.79 Å². The first-order valence-corrected chi connectivity index (χ1v) is 10.9. The van der Waals surface area contributed by atoms with E-state index in [4.69, 9.17) is 21.1 Å². The lowest BCUT2D eigenvalue weighted by molar-refractivity contribution is 0.0946. The number of aliphatic hydroxyl groups is 1. The zero-order chi connectivity index (χ0) is 21.6. The van der Waals surface area contributed by atoms with Gasteiger partial charge in [-0.1, -0.05) is 28.9 Å². The molecule has 9 heteroatoms. The summed E-state index contributed by atoms with van der Waals surface area (Å²) < 4.78 is 7.83. The zero-order valence-corrected chi connectivity index (χ0v) is 18.0. The summed E-state index contributed by atoms with van der Waals surface area (Å²) in [4.78, 5) is 14.4. The van der Waals surface area contributed by atoms with Crippen molar-refractivity contribution < 1.29 is 14.3 Å². The van der Waals surface area contributed by atoms with Crippen LogP contribution in [0.25, 0.3) is 11.3 Å². The number of furan rings is 1. The highest BCUT2D eigenvalue weighted by atomic mass is 35.5. The van der Waals surface area contributed by atoms with E-state index in [1.54, 1.807) is 10.9 Å². The minimum absolute atomic E-state index is 0.0421. The fourth-order valence-electron chi connectivity index (χ4n) is 3.81. The highest BCUT2D eigenvalue weighted by molar-refractivity contribution is 6.33. The van der Waals surface area contributed by atoms with Gasteiger partial charge in [-0.3, -0.25) is 9.69 Å². The molecule has 1 atom stereocenters. The summed E-state index contributed by atoms with van der Waals surface area (Å²) in [6.07, 6.45) is 4.22. The van der Waals surface area contributed by atoms with Crippen LogP contribution in [0.2, 0.25) is 5.02 Å². The Morgan fingerprint density at radius 3 is 3.00 bits per heavy atom. The molecular weight excluding hydrogens is 418 g/mol. The Labute approximate surface area is 185 Å². The van der Waals surface area contributed by atoms with Crippen LogP contribution in [0, 0.1) is 0 Å². The molecule has 8 nitrogen and oxygen atoms in total. The predicted molar refractivity (Wildman–Crippen MR) is 117 cm³/mol. The van der Waals surface area contributed by atoms with Crippen LogP contribution < -0.4 is 5.32 Å². The van der Waals surface area contributed by atoms with E-state index < -0.39 is 0 Å². The van der Waals surface area contributed by atoms with Crippen LogP contribution in [-0.4, -0.2) is 57.1 Å². The molecule has 0 saturated carbocycles. The van der Waals surface area contributed by atoms with Gasteiger partial charge in [0.25, 0.3) is 5.91 Å². The predicted octanol–water partition coefficient (Wildman–Crippen LogP) is 3.14. The fraction of sp³-hybridized carbons (Fsp3) is 0.409. The number of nitrogens with zero attached hydrogens (tertiary/aromatic N) is 4. The molecule has 0 bridgehead atoms. The normalized spacial score (nSPS) is 17.0. The van der Waals surface area contributed by atoms with Crippen molar-refractivity contribution in [1.29, 1.82) is 0 Å². The number of halogens is 1. The molecular formula is C22H26ClN5O3. The minimum Gasteiger partial charge on any atom is -0.460 e. The van der Waals surface area contributed by atoms with Gasteiger partial charge >= 0.3 is 0 Å². The van der Waals surface area contributed by atoms with Crippen molar-refractivity contribution in [3.8, 4) is 11.3 Å². The van der Waals surface area contributed by atoms with Crippen molar-refractivity contribution in [3.63, 3.8) is 0 Å². The topological polar surface area (TPSA) is 96.4 Å². The summed E-state index contributed by atoms with van der Waals surface area (Å²) in [6.45, 7) is 2.93. The molecule has 4 rings (SSSR count). The molecule has 2 aromatic heterocycles. The van der Waals surface area contributed by atoms with Crippen LogP contribution in [0.15, 0.2) is 47.0 Å². The summed E-state index contributed by atoms with van der Waals surface area (Å²) in [5, 5.41) is 20.4. The Morgan fingerprint density at radius 1 is 1.29 bits per heavy atom. The van der Waals surface area contributed by atoms with Crippen molar-refractivity contribution in [3.05, 3.63) is 59.1 Å². The van der Waals surface area contributed by atoms with Crippen molar-refractivity contribution in [1.82, 2.24) is 25.2 Å². The van der Waals surface area contributed by atoms with Crippen molar-refractivity contribution in [2.75, 3.05) is 26.2 Å². The van der Waals surface area contributed by atoms with Crippen molar-refractivity contribution >= 4 is 17.5 Å². The van der Waals surface area contributed by atoms with Gasteiger partial charge in [0.2, 0.25) is 0 Å². The molecule has 164 valence electrons. The number of likely N-dealkylation sites (tertiary alicyclic amines) is 1. The van der Waals surface area contributed by atoms with Gasteiger partial charge < -0.3 is 14.8 Å². The van der Waals surface area contributed by atoms with Crippen LogP contribution in [0.1, 0.15) is 41.6 Å². The number of hydrogen-bond acceptors (Lipinski definition) is 6. The molecule has 1 fully saturated rings. The van der Waals surface area contributed by atoms with E-state index in [1.165, 1.54) is 0 Å². The van der Waals surface area contributed by atoms with E-state index >= 15 is 0 Å². The van der Waals surface area contributed by atoms with Gasteiger partial charge in [-0.05, 0) is 50.1 Å². The Balaban J connectivity index is 1.36. The Kier molecular flexibility index (Phi) is 7.01. The van der Waals surface area contributed by atoms with E-state index in [0.29, 0.717) is 30.2 Å². The number of piperidine rings is 1. The van der Waals surface area contributed by atoms with Gasteiger partial charge in [0, 0.05) is 25.3 Å². The van der Waals surface area contributed by atoms with E-state index in [0.717, 1.165) is 43.0 Å². The van der Waals surface area contributed by atoms with Crippen molar-refractivity contribution in [2.45, 2.75) is 31.8 Å². The summed E-state index contributed by atoms with van der Waals surface area (Å²) in [6, 6.07) is 11.7. The molecule has 1 aliphatic heterocycles. The monoisotopic (exact) mass is 443 g/mol. The quantitative estimate of drug-likeness (QED) is 0.519. The van der Waals surface area contributed by atoms with Gasteiger partial charge in [-0.25, -0.2) is 4.68 Å². The summed E-state index contributed by atoms with van der Waals surface area (Å²) >= 11 is 6.28. The van der Waals surface area contributed by atoms with E-state index in [2.05, 4.69) is 20.5 Å². The lowest BCUT2D eigenvalue weighted by Crippen LogP contribution is -2.36. The Bertz CT molecular complexity index is 1020. The average molecular weight is 444 g/mol. The van der Waals surface area contributed by atoms with Gasteiger partial charge in [-0.2, -0.15) is 0 Å². The first kappa shape index (κ1) is 21.5. The zero-order valence-electron chi connectivity index (χ0n) is 17.2. The van der Waals surface area contributed by atoms with Crippen LogP contribution in [0.5, 0.6) is 0 Å². The van der Waals surface area contributed by atoms with Gasteiger partial charge in [0.15, 0.2) is 5.69 Å². The number of benzene rings is 1. The third kappa shape index (κ3) is 5.33. The molecule has 3 heterocycles.